The van der Waals surface area contributed by atoms with E-state index in [1.54, 1.807) is 0 Å². The Hall–Kier alpha value is -3.86. The highest BCUT2D eigenvalue weighted by Crippen LogP contribution is 2.42. The highest BCUT2D eigenvalue weighted by atomic mass is 19.1. The summed E-state index contributed by atoms with van der Waals surface area (Å²) in [4.78, 5) is 9.33. The number of rotatable bonds is 3. The highest BCUT2D eigenvalue weighted by molar-refractivity contribution is 5.98. The molecule has 0 fully saturated rings. The summed E-state index contributed by atoms with van der Waals surface area (Å²) in [5.41, 5.74) is 8.26. The van der Waals surface area contributed by atoms with E-state index in [1.807, 2.05) is 61.7 Å². The van der Waals surface area contributed by atoms with Crippen LogP contribution in [-0.4, -0.2) is 19.7 Å². The standard InChI is InChI=1S/C27H21FN4/c1-17-5-4-8-24(30-17)27-26(22-13-14-29-23-7-3-2-6-21(22)23)25-15-19(16-32(25)31-27)18-9-11-20(28)12-10-18/h2-14,19H,15-16H2,1H3. The average Bonchev–Trinajstić information content (AvgIpc) is 3.37. The van der Waals surface area contributed by atoms with Crippen LogP contribution in [0.2, 0.25) is 0 Å². The van der Waals surface area contributed by atoms with Gasteiger partial charge < -0.3 is 0 Å². The van der Waals surface area contributed by atoms with Crippen LogP contribution in [0.5, 0.6) is 0 Å². The van der Waals surface area contributed by atoms with Gasteiger partial charge in [-0.15, -0.1) is 0 Å². The van der Waals surface area contributed by atoms with Crippen LogP contribution in [-0.2, 0) is 13.0 Å². The van der Waals surface area contributed by atoms with Crippen molar-refractivity contribution in [1.29, 1.82) is 0 Å². The zero-order chi connectivity index (χ0) is 21.7. The number of pyridine rings is 2. The summed E-state index contributed by atoms with van der Waals surface area (Å²) >= 11 is 0. The van der Waals surface area contributed by atoms with E-state index >= 15 is 0 Å². The Labute approximate surface area is 185 Å². The Morgan fingerprint density at radius 2 is 1.78 bits per heavy atom. The van der Waals surface area contributed by atoms with Gasteiger partial charge in [-0.1, -0.05) is 36.4 Å². The number of benzene rings is 2. The molecular weight excluding hydrogens is 399 g/mol. The Bertz CT molecular complexity index is 1450. The molecule has 156 valence electrons. The fraction of sp³-hybridized carbons (Fsp3) is 0.148. The second-order valence-electron chi connectivity index (χ2n) is 8.34. The summed E-state index contributed by atoms with van der Waals surface area (Å²) in [5.74, 6) is 0.0608. The third-order valence-corrected chi connectivity index (χ3v) is 6.28. The minimum absolute atomic E-state index is 0.207. The summed E-state index contributed by atoms with van der Waals surface area (Å²) in [5, 5.41) is 6.14. The maximum Gasteiger partial charge on any atom is 0.123 e. The first-order valence-electron chi connectivity index (χ1n) is 10.8. The molecule has 0 saturated heterocycles. The molecular formula is C27H21FN4. The SMILES string of the molecule is Cc1cccc(-c2nn3c(c2-c2ccnc4ccccc24)CC(c2ccc(F)cc2)C3)n1. The largest absolute Gasteiger partial charge is 0.268 e. The lowest BCUT2D eigenvalue weighted by molar-refractivity contribution is 0.593. The van der Waals surface area contributed by atoms with Crippen molar-refractivity contribution in [3.63, 3.8) is 0 Å². The molecule has 32 heavy (non-hydrogen) atoms. The van der Waals surface area contributed by atoms with Crippen molar-refractivity contribution in [2.45, 2.75) is 25.8 Å². The number of para-hydroxylation sites is 1. The normalized spacial score (nSPS) is 15.2. The second-order valence-corrected chi connectivity index (χ2v) is 8.34. The fourth-order valence-electron chi connectivity index (χ4n) is 4.77. The number of halogens is 1. The first-order chi connectivity index (χ1) is 15.7. The van der Waals surface area contributed by atoms with Gasteiger partial charge in [-0.2, -0.15) is 5.10 Å². The van der Waals surface area contributed by atoms with Crippen molar-refractivity contribution < 1.29 is 4.39 Å². The molecule has 3 aromatic heterocycles. The average molecular weight is 420 g/mol. The molecule has 6 rings (SSSR count). The molecule has 0 bridgehead atoms. The molecule has 0 radical (unpaired) electrons. The molecule has 1 unspecified atom stereocenters. The molecule has 0 amide bonds. The third kappa shape index (κ3) is 3.09. The van der Waals surface area contributed by atoms with E-state index in [0.717, 1.165) is 57.6 Å². The smallest absolute Gasteiger partial charge is 0.123 e. The fourth-order valence-corrected chi connectivity index (χ4v) is 4.77. The lowest BCUT2D eigenvalue weighted by Crippen LogP contribution is -2.03. The number of aromatic nitrogens is 4. The van der Waals surface area contributed by atoms with E-state index in [4.69, 9.17) is 10.1 Å². The van der Waals surface area contributed by atoms with Crippen LogP contribution >= 0.6 is 0 Å². The number of hydrogen-bond donors (Lipinski definition) is 0. The molecule has 1 aliphatic heterocycles. The van der Waals surface area contributed by atoms with E-state index < -0.39 is 0 Å². The Morgan fingerprint density at radius 3 is 2.62 bits per heavy atom. The predicted octanol–water partition coefficient (Wildman–Crippen LogP) is 5.95. The van der Waals surface area contributed by atoms with Gasteiger partial charge in [-0.25, -0.2) is 4.39 Å². The molecule has 5 aromatic rings. The summed E-state index contributed by atoms with van der Waals surface area (Å²) in [6.45, 7) is 2.77. The third-order valence-electron chi connectivity index (χ3n) is 6.28. The van der Waals surface area contributed by atoms with Crippen molar-refractivity contribution in [1.82, 2.24) is 19.7 Å². The Morgan fingerprint density at radius 1 is 0.938 bits per heavy atom. The minimum Gasteiger partial charge on any atom is -0.268 e. The summed E-state index contributed by atoms with van der Waals surface area (Å²) in [6, 6.07) is 23.2. The van der Waals surface area contributed by atoms with Crippen LogP contribution in [0.3, 0.4) is 0 Å². The number of fused-ring (bicyclic) bond motifs is 2. The predicted molar refractivity (Wildman–Crippen MR) is 124 cm³/mol. The lowest BCUT2D eigenvalue weighted by Gasteiger charge is -2.12. The van der Waals surface area contributed by atoms with Crippen LogP contribution in [0.1, 0.15) is 22.9 Å². The van der Waals surface area contributed by atoms with Gasteiger partial charge in [-0.05, 0) is 60.9 Å². The molecule has 5 heteroatoms. The summed E-state index contributed by atoms with van der Waals surface area (Å²) < 4.78 is 15.6. The number of nitrogens with zero attached hydrogens (tertiary/aromatic N) is 4. The van der Waals surface area contributed by atoms with Crippen molar-refractivity contribution in [3.8, 4) is 22.5 Å². The quantitative estimate of drug-likeness (QED) is 0.362. The second kappa shape index (κ2) is 7.38. The molecule has 0 aliphatic carbocycles. The van der Waals surface area contributed by atoms with Crippen molar-refractivity contribution >= 4 is 10.9 Å². The highest BCUT2D eigenvalue weighted by Gasteiger charge is 2.31. The molecule has 0 spiro atoms. The maximum absolute atomic E-state index is 13.5. The summed E-state index contributed by atoms with van der Waals surface area (Å²) in [6.07, 6.45) is 2.71. The van der Waals surface area contributed by atoms with Gasteiger partial charge in [0.25, 0.3) is 0 Å². The Balaban J connectivity index is 1.55. The van der Waals surface area contributed by atoms with Crippen molar-refractivity contribution in [2.75, 3.05) is 0 Å². The van der Waals surface area contributed by atoms with Gasteiger partial charge in [0, 0.05) is 41.0 Å². The number of hydrogen-bond acceptors (Lipinski definition) is 3. The Kier molecular flexibility index (Phi) is 4.35. The van der Waals surface area contributed by atoms with Gasteiger partial charge in [0.15, 0.2) is 0 Å². The van der Waals surface area contributed by atoms with Crippen molar-refractivity contribution in [2.24, 2.45) is 0 Å². The summed E-state index contributed by atoms with van der Waals surface area (Å²) in [7, 11) is 0. The van der Waals surface area contributed by atoms with Crippen LogP contribution in [0.15, 0.2) is 79.0 Å². The molecule has 1 atom stereocenters. The van der Waals surface area contributed by atoms with Gasteiger partial charge in [0.2, 0.25) is 0 Å². The lowest BCUT2D eigenvalue weighted by atomic mass is 9.92. The van der Waals surface area contributed by atoms with Crippen LogP contribution in [0.4, 0.5) is 4.39 Å². The molecule has 2 aromatic carbocycles. The van der Waals surface area contributed by atoms with E-state index in [1.165, 1.54) is 17.8 Å². The van der Waals surface area contributed by atoms with E-state index in [9.17, 15) is 4.39 Å². The maximum atomic E-state index is 13.5. The monoisotopic (exact) mass is 420 g/mol. The molecule has 4 heterocycles. The van der Waals surface area contributed by atoms with Gasteiger partial charge in [0.1, 0.15) is 11.5 Å². The van der Waals surface area contributed by atoms with Gasteiger partial charge in [0.05, 0.1) is 11.2 Å². The van der Waals surface area contributed by atoms with Crippen molar-refractivity contribution in [3.05, 3.63) is 102 Å². The van der Waals surface area contributed by atoms with Gasteiger partial charge >= 0.3 is 0 Å². The molecule has 0 N–H and O–H groups in total. The molecule has 1 aliphatic rings. The molecule has 4 nitrogen and oxygen atoms in total. The van der Waals surface area contributed by atoms with E-state index in [-0.39, 0.29) is 11.7 Å². The molecule has 0 saturated carbocycles. The number of aryl methyl sites for hydroxylation is 1. The topological polar surface area (TPSA) is 43.6 Å². The van der Waals surface area contributed by atoms with Gasteiger partial charge in [-0.3, -0.25) is 14.6 Å². The first kappa shape index (κ1) is 18.9. The van der Waals surface area contributed by atoms with E-state index in [2.05, 4.69) is 21.8 Å². The van der Waals surface area contributed by atoms with Crippen LogP contribution in [0, 0.1) is 12.7 Å². The van der Waals surface area contributed by atoms with E-state index in [0.29, 0.717) is 0 Å². The van der Waals surface area contributed by atoms with Crippen LogP contribution < -0.4 is 0 Å². The van der Waals surface area contributed by atoms with Crippen LogP contribution in [0.25, 0.3) is 33.4 Å². The first-order valence-corrected chi connectivity index (χ1v) is 10.8. The minimum atomic E-state index is -0.207. The zero-order valence-electron chi connectivity index (χ0n) is 17.7. The zero-order valence-corrected chi connectivity index (χ0v) is 17.7.